The van der Waals surface area contributed by atoms with Gasteiger partial charge in [0.25, 0.3) is 5.89 Å². The van der Waals surface area contributed by atoms with Gasteiger partial charge in [-0.25, -0.2) is 4.68 Å². The molecule has 5 rings (SSSR count). The molecular weight excluding hydrogens is 411 g/mol. The van der Waals surface area contributed by atoms with E-state index in [1.54, 1.807) is 6.07 Å². The average molecular weight is 429 g/mol. The van der Waals surface area contributed by atoms with E-state index in [1.165, 1.54) is 32.1 Å². The van der Waals surface area contributed by atoms with Gasteiger partial charge in [-0.2, -0.15) is 18.2 Å². The molecule has 31 heavy (non-hydrogen) atoms. The summed E-state index contributed by atoms with van der Waals surface area (Å²) in [5.41, 5.74) is 1.53. The van der Waals surface area contributed by atoms with Crippen LogP contribution in [0, 0.1) is 0 Å². The Hall–Kier alpha value is -3.43. The molecule has 2 aromatic carbocycles. The Morgan fingerprint density at radius 1 is 1.06 bits per heavy atom. The van der Waals surface area contributed by atoms with E-state index in [2.05, 4.69) is 20.5 Å². The summed E-state index contributed by atoms with van der Waals surface area (Å²) >= 11 is 0. The quantitative estimate of drug-likeness (QED) is 0.439. The molecule has 10 heteroatoms. The average Bonchev–Trinajstić information content (AvgIpc) is 3.52. The lowest BCUT2D eigenvalue weighted by Crippen LogP contribution is -2.07. The van der Waals surface area contributed by atoms with E-state index in [0.29, 0.717) is 17.1 Å². The summed E-state index contributed by atoms with van der Waals surface area (Å²) in [4.78, 5) is 4.28. The van der Waals surface area contributed by atoms with E-state index in [9.17, 15) is 13.2 Å². The van der Waals surface area contributed by atoms with E-state index in [4.69, 9.17) is 9.26 Å². The van der Waals surface area contributed by atoms with Gasteiger partial charge in [0.1, 0.15) is 11.3 Å². The molecule has 1 aliphatic rings. The van der Waals surface area contributed by atoms with Gasteiger partial charge in [-0.15, -0.1) is 5.10 Å². The van der Waals surface area contributed by atoms with E-state index >= 15 is 0 Å². The number of hydrogen-bond donors (Lipinski definition) is 0. The normalized spacial score (nSPS) is 15.1. The van der Waals surface area contributed by atoms with E-state index < -0.39 is 11.7 Å². The van der Waals surface area contributed by atoms with Crippen molar-refractivity contribution in [3.63, 3.8) is 0 Å². The summed E-state index contributed by atoms with van der Waals surface area (Å²) in [6.45, 7) is 0. The van der Waals surface area contributed by atoms with E-state index in [-0.39, 0.29) is 23.0 Å². The minimum absolute atomic E-state index is 0.0536. The molecule has 0 unspecified atom stereocenters. The molecule has 0 N–H and O–H groups in total. The van der Waals surface area contributed by atoms with Crippen molar-refractivity contribution in [2.45, 2.75) is 37.9 Å². The van der Waals surface area contributed by atoms with Crippen molar-refractivity contribution in [2.75, 3.05) is 7.11 Å². The van der Waals surface area contributed by atoms with Crippen molar-refractivity contribution in [3.05, 3.63) is 42.0 Å². The summed E-state index contributed by atoms with van der Waals surface area (Å²) in [5.74, 6) is -0.0228. The summed E-state index contributed by atoms with van der Waals surface area (Å²) in [6, 6.07) is 9.53. The van der Waals surface area contributed by atoms with Crippen molar-refractivity contribution in [1.82, 2.24) is 25.1 Å². The van der Waals surface area contributed by atoms with Crippen LogP contribution in [0.25, 0.3) is 33.9 Å². The first-order chi connectivity index (χ1) is 14.9. The largest absolute Gasteiger partial charge is 0.496 e. The fraction of sp³-hybridized carbons (Fsp3) is 0.333. The molecule has 2 aromatic heterocycles. The third-order valence-corrected chi connectivity index (χ3v) is 5.58. The van der Waals surface area contributed by atoms with Gasteiger partial charge in [0.2, 0.25) is 5.82 Å². The molecule has 1 fully saturated rings. The Morgan fingerprint density at radius 3 is 2.58 bits per heavy atom. The van der Waals surface area contributed by atoms with Gasteiger partial charge in [0, 0.05) is 11.1 Å². The van der Waals surface area contributed by atoms with Gasteiger partial charge in [-0.3, -0.25) is 0 Å². The number of nitrogens with zero attached hydrogens (tertiary/aromatic N) is 5. The molecule has 7 nitrogen and oxygen atoms in total. The number of fused-ring (bicyclic) bond motifs is 1. The summed E-state index contributed by atoms with van der Waals surface area (Å²) in [7, 11) is 1.19. The second kappa shape index (κ2) is 7.36. The first-order valence-corrected chi connectivity index (χ1v) is 9.88. The number of hydrogen-bond acceptors (Lipinski definition) is 6. The van der Waals surface area contributed by atoms with Crippen LogP contribution in [0.15, 0.2) is 40.9 Å². The Balaban J connectivity index is 1.47. The van der Waals surface area contributed by atoms with Gasteiger partial charge in [0.15, 0.2) is 0 Å². The van der Waals surface area contributed by atoms with Gasteiger partial charge < -0.3 is 9.26 Å². The number of alkyl halides is 3. The number of rotatable bonds is 4. The van der Waals surface area contributed by atoms with E-state index in [0.717, 1.165) is 24.4 Å². The molecule has 0 spiro atoms. The maximum Gasteiger partial charge on any atom is 0.419 e. The SMILES string of the molecule is COc1ccc(-c2noc(-c3ccc4c(c3)nnn4C3CCCC3)n2)cc1C(F)(F)F. The Morgan fingerprint density at radius 2 is 1.84 bits per heavy atom. The predicted octanol–water partition coefficient (Wildman–Crippen LogP) is 5.29. The molecular formula is C21H18F3N5O2. The number of halogens is 3. The third kappa shape index (κ3) is 3.51. The first-order valence-electron chi connectivity index (χ1n) is 9.88. The maximum atomic E-state index is 13.3. The Kier molecular flexibility index (Phi) is 4.64. The van der Waals surface area contributed by atoms with E-state index in [1.807, 2.05) is 16.8 Å². The molecule has 4 aromatic rings. The number of benzene rings is 2. The van der Waals surface area contributed by atoms with Crippen LogP contribution in [0.5, 0.6) is 5.75 Å². The fourth-order valence-corrected chi connectivity index (χ4v) is 4.02. The zero-order valence-corrected chi connectivity index (χ0v) is 16.6. The first kappa shape index (κ1) is 19.5. The zero-order chi connectivity index (χ0) is 21.6. The molecule has 0 radical (unpaired) electrons. The fourth-order valence-electron chi connectivity index (χ4n) is 4.02. The Labute approximate surface area is 174 Å². The van der Waals surface area contributed by atoms with Gasteiger partial charge in [0.05, 0.1) is 24.2 Å². The third-order valence-electron chi connectivity index (χ3n) is 5.58. The van der Waals surface area contributed by atoms with Crippen molar-refractivity contribution in [1.29, 1.82) is 0 Å². The number of ether oxygens (including phenoxy) is 1. The highest BCUT2D eigenvalue weighted by Gasteiger charge is 2.35. The van der Waals surface area contributed by atoms with Crippen molar-refractivity contribution in [2.24, 2.45) is 0 Å². The Bertz CT molecular complexity index is 1240. The molecule has 1 aliphatic carbocycles. The number of methoxy groups -OCH3 is 1. The highest BCUT2D eigenvalue weighted by Crippen LogP contribution is 2.38. The second-order valence-corrected chi connectivity index (χ2v) is 7.51. The summed E-state index contributed by atoms with van der Waals surface area (Å²) in [6.07, 6.45) is 0.000663. The highest BCUT2D eigenvalue weighted by atomic mass is 19.4. The number of aromatic nitrogens is 5. The van der Waals surface area contributed by atoms with Crippen molar-refractivity contribution >= 4 is 11.0 Å². The van der Waals surface area contributed by atoms with Gasteiger partial charge >= 0.3 is 6.18 Å². The standard InChI is InChI=1S/C21H18F3N5O2/c1-30-18-9-7-12(10-15(18)21(22,23)24)19-25-20(31-27-19)13-6-8-17-16(11-13)26-28-29(17)14-4-2-3-5-14/h6-11,14H,2-5H2,1H3. The van der Waals surface area contributed by atoms with Crippen LogP contribution in [0.4, 0.5) is 13.2 Å². The van der Waals surface area contributed by atoms with Crippen LogP contribution in [-0.2, 0) is 6.18 Å². The van der Waals surface area contributed by atoms with Crippen LogP contribution < -0.4 is 4.74 Å². The van der Waals surface area contributed by atoms with Crippen LogP contribution in [0.3, 0.4) is 0 Å². The summed E-state index contributed by atoms with van der Waals surface area (Å²) < 4.78 is 52.0. The molecule has 2 heterocycles. The van der Waals surface area contributed by atoms with Crippen LogP contribution in [0.1, 0.15) is 37.3 Å². The van der Waals surface area contributed by atoms with Crippen molar-refractivity contribution in [3.8, 4) is 28.6 Å². The molecule has 0 bridgehead atoms. The topological polar surface area (TPSA) is 78.9 Å². The maximum absolute atomic E-state index is 13.3. The lowest BCUT2D eigenvalue weighted by atomic mass is 10.1. The molecule has 1 saturated carbocycles. The minimum Gasteiger partial charge on any atom is -0.496 e. The second-order valence-electron chi connectivity index (χ2n) is 7.51. The van der Waals surface area contributed by atoms with Crippen LogP contribution in [0.2, 0.25) is 0 Å². The molecule has 0 amide bonds. The van der Waals surface area contributed by atoms with Crippen LogP contribution >= 0.6 is 0 Å². The predicted molar refractivity (Wildman–Crippen MR) is 105 cm³/mol. The summed E-state index contributed by atoms with van der Waals surface area (Å²) in [5, 5.41) is 12.4. The molecule has 160 valence electrons. The van der Waals surface area contributed by atoms with Gasteiger partial charge in [-0.1, -0.05) is 23.2 Å². The highest BCUT2D eigenvalue weighted by molar-refractivity contribution is 5.80. The smallest absolute Gasteiger partial charge is 0.419 e. The zero-order valence-electron chi connectivity index (χ0n) is 16.6. The van der Waals surface area contributed by atoms with Crippen LogP contribution in [-0.4, -0.2) is 32.2 Å². The molecule has 0 atom stereocenters. The lowest BCUT2D eigenvalue weighted by molar-refractivity contribution is -0.138. The molecule has 0 aliphatic heterocycles. The monoisotopic (exact) mass is 429 g/mol. The van der Waals surface area contributed by atoms with Crippen molar-refractivity contribution < 1.29 is 22.4 Å². The minimum atomic E-state index is -4.57. The molecule has 0 saturated heterocycles. The van der Waals surface area contributed by atoms with Gasteiger partial charge in [-0.05, 0) is 49.2 Å². The lowest BCUT2D eigenvalue weighted by Gasteiger charge is -2.12.